The van der Waals surface area contributed by atoms with E-state index in [1.807, 2.05) is 32.0 Å². The third-order valence-corrected chi connectivity index (χ3v) is 4.81. The Kier molecular flexibility index (Phi) is 4.52. The molecule has 2 aromatic rings. The second-order valence-electron chi connectivity index (χ2n) is 5.84. The largest absolute Gasteiger partial charge is 0.373 e. The SMILES string of the molecule is Cc1cccc(C)c1N1C(=O)CC(Nc2ccc(Cl)c(Cl)c2)C1=O. The number of halogens is 2. The number of hydrogen-bond donors (Lipinski definition) is 1. The van der Waals surface area contributed by atoms with E-state index >= 15 is 0 Å². The fourth-order valence-electron chi connectivity index (χ4n) is 2.93. The Hall–Kier alpha value is -2.04. The van der Waals surface area contributed by atoms with Gasteiger partial charge in [-0.15, -0.1) is 0 Å². The van der Waals surface area contributed by atoms with Crippen molar-refractivity contribution in [1.29, 1.82) is 0 Å². The van der Waals surface area contributed by atoms with Crippen molar-refractivity contribution < 1.29 is 9.59 Å². The molecule has 1 saturated heterocycles. The summed E-state index contributed by atoms with van der Waals surface area (Å²) in [4.78, 5) is 26.5. The molecule has 4 nitrogen and oxygen atoms in total. The lowest BCUT2D eigenvalue weighted by Crippen LogP contribution is -2.35. The van der Waals surface area contributed by atoms with Gasteiger partial charge in [0.25, 0.3) is 5.91 Å². The van der Waals surface area contributed by atoms with Gasteiger partial charge in [-0.2, -0.15) is 0 Å². The first kappa shape index (κ1) is 16.8. The van der Waals surface area contributed by atoms with Gasteiger partial charge in [-0.25, -0.2) is 4.90 Å². The van der Waals surface area contributed by atoms with Crippen molar-refractivity contribution in [2.24, 2.45) is 0 Å². The van der Waals surface area contributed by atoms with Crippen molar-refractivity contribution in [1.82, 2.24) is 0 Å². The number of aryl methyl sites for hydroxylation is 2. The van der Waals surface area contributed by atoms with Gasteiger partial charge in [-0.05, 0) is 43.2 Å². The Morgan fingerprint density at radius 1 is 1.04 bits per heavy atom. The van der Waals surface area contributed by atoms with E-state index < -0.39 is 6.04 Å². The van der Waals surface area contributed by atoms with Crippen molar-refractivity contribution in [3.63, 3.8) is 0 Å². The number of nitrogens with one attached hydrogen (secondary N) is 1. The molecule has 1 heterocycles. The van der Waals surface area contributed by atoms with Crippen LogP contribution in [0.3, 0.4) is 0 Å². The molecular formula is C18H16Cl2N2O2. The van der Waals surface area contributed by atoms with Gasteiger partial charge in [0.05, 0.1) is 22.2 Å². The van der Waals surface area contributed by atoms with Crippen molar-refractivity contribution in [2.75, 3.05) is 10.2 Å². The smallest absolute Gasteiger partial charge is 0.256 e. The van der Waals surface area contributed by atoms with Crippen LogP contribution < -0.4 is 10.2 Å². The average molecular weight is 363 g/mol. The molecule has 1 unspecified atom stereocenters. The maximum atomic E-state index is 12.8. The molecule has 1 N–H and O–H groups in total. The summed E-state index contributed by atoms with van der Waals surface area (Å²) < 4.78 is 0. The van der Waals surface area contributed by atoms with Gasteiger partial charge in [-0.3, -0.25) is 9.59 Å². The van der Waals surface area contributed by atoms with Gasteiger partial charge in [0.15, 0.2) is 0 Å². The number of nitrogens with zero attached hydrogens (tertiary/aromatic N) is 1. The quantitative estimate of drug-likeness (QED) is 0.825. The molecule has 124 valence electrons. The van der Waals surface area contributed by atoms with E-state index in [4.69, 9.17) is 23.2 Å². The van der Waals surface area contributed by atoms with E-state index in [0.29, 0.717) is 21.4 Å². The molecule has 2 amide bonds. The van der Waals surface area contributed by atoms with Crippen LogP contribution in [0.15, 0.2) is 36.4 Å². The van der Waals surface area contributed by atoms with Crippen LogP contribution in [-0.2, 0) is 9.59 Å². The Balaban J connectivity index is 1.88. The lowest BCUT2D eigenvalue weighted by molar-refractivity contribution is -0.121. The summed E-state index contributed by atoms with van der Waals surface area (Å²) in [7, 11) is 0. The highest BCUT2D eigenvalue weighted by molar-refractivity contribution is 6.42. The van der Waals surface area contributed by atoms with E-state index in [9.17, 15) is 9.59 Å². The Labute approximate surface area is 150 Å². The fourth-order valence-corrected chi connectivity index (χ4v) is 3.22. The number of benzene rings is 2. The zero-order valence-corrected chi connectivity index (χ0v) is 14.8. The monoisotopic (exact) mass is 362 g/mol. The number of carbonyl (C=O) groups excluding carboxylic acids is 2. The summed E-state index contributed by atoms with van der Waals surface area (Å²) in [5, 5.41) is 3.90. The Morgan fingerprint density at radius 3 is 2.33 bits per heavy atom. The van der Waals surface area contributed by atoms with E-state index in [-0.39, 0.29) is 18.2 Å². The molecule has 0 aromatic heterocycles. The zero-order valence-electron chi connectivity index (χ0n) is 13.3. The first-order valence-corrected chi connectivity index (χ1v) is 8.28. The second kappa shape index (κ2) is 6.46. The van der Waals surface area contributed by atoms with Crippen LogP contribution in [-0.4, -0.2) is 17.9 Å². The Morgan fingerprint density at radius 2 is 1.71 bits per heavy atom. The number of rotatable bonds is 3. The molecule has 1 aliphatic rings. The molecule has 0 radical (unpaired) electrons. The maximum absolute atomic E-state index is 12.8. The summed E-state index contributed by atoms with van der Waals surface area (Å²) >= 11 is 11.9. The zero-order chi connectivity index (χ0) is 17.4. The molecule has 1 fully saturated rings. The normalized spacial score (nSPS) is 17.5. The van der Waals surface area contributed by atoms with Crippen LogP contribution >= 0.6 is 23.2 Å². The van der Waals surface area contributed by atoms with Gasteiger partial charge in [0.2, 0.25) is 5.91 Å². The van der Waals surface area contributed by atoms with Crippen LogP contribution in [0.25, 0.3) is 0 Å². The summed E-state index contributed by atoms with van der Waals surface area (Å²) in [6.45, 7) is 3.78. The van der Waals surface area contributed by atoms with Crippen LogP contribution in [0.4, 0.5) is 11.4 Å². The predicted molar refractivity (Wildman–Crippen MR) is 96.9 cm³/mol. The number of hydrogen-bond acceptors (Lipinski definition) is 3. The first-order valence-electron chi connectivity index (χ1n) is 7.53. The first-order chi connectivity index (χ1) is 11.4. The minimum atomic E-state index is -0.617. The van der Waals surface area contributed by atoms with Gasteiger partial charge in [0.1, 0.15) is 6.04 Å². The van der Waals surface area contributed by atoms with Gasteiger partial charge in [-0.1, -0.05) is 41.4 Å². The number of para-hydroxylation sites is 1. The highest BCUT2D eigenvalue weighted by atomic mass is 35.5. The van der Waals surface area contributed by atoms with E-state index in [1.165, 1.54) is 4.90 Å². The minimum absolute atomic E-state index is 0.104. The van der Waals surface area contributed by atoms with Crippen molar-refractivity contribution in [3.05, 3.63) is 57.6 Å². The van der Waals surface area contributed by atoms with E-state index in [1.54, 1.807) is 18.2 Å². The second-order valence-corrected chi connectivity index (χ2v) is 6.65. The summed E-state index contributed by atoms with van der Waals surface area (Å²) in [5.41, 5.74) is 3.11. The summed E-state index contributed by atoms with van der Waals surface area (Å²) in [5.74, 6) is -0.474. The topological polar surface area (TPSA) is 49.4 Å². The number of imide groups is 1. The average Bonchev–Trinajstić information content (AvgIpc) is 2.78. The van der Waals surface area contributed by atoms with Crippen LogP contribution in [0.1, 0.15) is 17.5 Å². The van der Waals surface area contributed by atoms with Gasteiger partial charge in [0, 0.05) is 5.69 Å². The number of carbonyl (C=O) groups is 2. The fraction of sp³-hybridized carbons (Fsp3) is 0.222. The van der Waals surface area contributed by atoms with Crippen molar-refractivity contribution >= 4 is 46.4 Å². The predicted octanol–water partition coefficient (Wildman–Crippen LogP) is 4.35. The Bertz CT molecular complexity index is 816. The lowest BCUT2D eigenvalue weighted by Gasteiger charge is -2.20. The molecule has 3 rings (SSSR count). The molecule has 24 heavy (non-hydrogen) atoms. The lowest BCUT2D eigenvalue weighted by atomic mass is 10.1. The molecule has 6 heteroatoms. The van der Waals surface area contributed by atoms with Crippen LogP contribution in [0.5, 0.6) is 0 Å². The molecular weight excluding hydrogens is 347 g/mol. The molecule has 0 aliphatic carbocycles. The summed E-state index contributed by atoms with van der Waals surface area (Å²) in [6.07, 6.45) is 0.104. The number of anilines is 2. The highest BCUT2D eigenvalue weighted by Gasteiger charge is 2.40. The molecule has 2 aromatic carbocycles. The number of amides is 2. The molecule has 1 aliphatic heterocycles. The molecule has 1 atom stereocenters. The van der Waals surface area contributed by atoms with Crippen LogP contribution in [0, 0.1) is 13.8 Å². The van der Waals surface area contributed by atoms with E-state index in [0.717, 1.165) is 11.1 Å². The van der Waals surface area contributed by atoms with Gasteiger partial charge >= 0.3 is 0 Å². The molecule has 0 spiro atoms. The third-order valence-electron chi connectivity index (χ3n) is 4.07. The van der Waals surface area contributed by atoms with E-state index in [2.05, 4.69) is 5.32 Å². The van der Waals surface area contributed by atoms with Crippen LogP contribution in [0.2, 0.25) is 10.0 Å². The maximum Gasteiger partial charge on any atom is 0.256 e. The van der Waals surface area contributed by atoms with Crippen molar-refractivity contribution in [2.45, 2.75) is 26.3 Å². The highest BCUT2D eigenvalue weighted by Crippen LogP contribution is 2.31. The van der Waals surface area contributed by atoms with Gasteiger partial charge < -0.3 is 5.32 Å². The van der Waals surface area contributed by atoms with Crippen molar-refractivity contribution in [3.8, 4) is 0 Å². The summed E-state index contributed by atoms with van der Waals surface area (Å²) in [6, 6.07) is 10.1. The molecule has 0 bridgehead atoms. The standard InChI is InChI=1S/C18H16Cl2N2O2/c1-10-4-3-5-11(2)17(10)22-16(23)9-15(18(22)24)21-12-6-7-13(19)14(20)8-12/h3-8,15,21H,9H2,1-2H3. The molecule has 0 saturated carbocycles. The minimum Gasteiger partial charge on any atom is -0.373 e. The third kappa shape index (κ3) is 2.99.